The molecule has 0 radical (unpaired) electrons. The van der Waals surface area contributed by atoms with E-state index in [9.17, 15) is 14.7 Å². The molecule has 3 saturated carbocycles. The average Bonchev–Trinajstić information content (AvgIpc) is 2.77. The Morgan fingerprint density at radius 2 is 1.88 bits per heavy atom. The molecule has 0 aromatic rings. The van der Waals surface area contributed by atoms with Gasteiger partial charge in [-0.2, -0.15) is 0 Å². The largest absolute Gasteiger partial charge is 0.390 e. The number of aldehydes is 1. The Bertz CT molecular complexity index is 619. The fraction of sp³-hybridized carbons (Fsp3) is 0.810. The maximum absolute atomic E-state index is 12.3. The summed E-state index contributed by atoms with van der Waals surface area (Å²) in [5, 5.41) is 11.0. The molecule has 0 aliphatic heterocycles. The molecule has 24 heavy (non-hydrogen) atoms. The van der Waals surface area contributed by atoms with Gasteiger partial charge in [-0.1, -0.05) is 25.5 Å². The summed E-state index contributed by atoms with van der Waals surface area (Å²) in [6, 6.07) is 0. The Labute approximate surface area is 144 Å². The third-order valence-electron chi connectivity index (χ3n) is 8.64. The number of ketones is 1. The van der Waals surface area contributed by atoms with Crippen LogP contribution in [0.2, 0.25) is 0 Å². The van der Waals surface area contributed by atoms with Crippen LogP contribution in [-0.2, 0) is 9.59 Å². The molecule has 4 aliphatic carbocycles. The van der Waals surface area contributed by atoms with Crippen molar-refractivity contribution in [1.29, 1.82) is 0 Å². The van der Waals surface area contributed by atoms with Crippen LogP contribution in [0.25, 0.3) is 0 Å². The van der Waals surface area contributed by atoms with Gasteiger partial charge < -0.3 is 9.90 Å². The summed E-state index contributed by atoms with van der Waals surface area (Å²) in [6.07, 6.45) is 9.10. The number of carbonyl (C=O) groups is 2. The summed E-state index contributed by atoms with van der Waals surface area (Å²) in [5.74, 6) is 1.97. The summed E-state index contributed by atoms with van der Waals surface area (Å²) < 4.78 is 0. The number of allylic oxidation sites excluding steroid dienone is 2. The number of carbonyl (C=O) groups excluding carboxylic acids is 2. The first-order valence-corrected chi connectivity index (χ1v) is 9.67. The van der Waals surface area contributed by atoms with Gasteiger partial charge in [0.25, 0.3) is 0 Å². The van der Waals surface area contributed by atoms with Crippen molar-refractivity contribution in [3.63, 3.8) is 0 Å². The molecule has 0 heterocycles. The Morgan fingerprint density at radius 1 is 1.17 bits per heavy atom. The van der Waals surface area contributed by atoms with E-state index in [1.807, 2.05) is 6.92 Å². The molecule has 0 bridgehead atoms. The number of hydrogen-bond donors (Lipinski definition) is 1. The minimum Gasteiger partial charge on any atom is -0.390 e. The van der Waals surface area contributed by atoms with Crippen molar-refractivity contribution in [2.75, 3.05) is 0 Å². The molecule has 0 spiro atoms. The highest BCUT2D eigenvalue weighted by Gasteiger charge is 2.64. The topological polar surface area (TPSA) is 54.4 Å². The molecular formula is C21H30O3. The van der Waals surface area contributed by atoms with Crippen molar-refractivity contribution < 1.29 is 14.7 Å². The lowest BCUT2D eigenvalue weighted by Crippen LogP contribution is -2.56. The van der Waals surface area contributed by atoms with Crippen LogP contribution in [0.3, 0.4) is 0 Å². The molecule has 0 aromatic carbocycles. The summed E-state index contributed by atoms with van der Waals surface area (Å²) in [7, 11) is 0. The van der Waals surface area contributed by atoms with Gasteiger partial charge >= 0.3 is 0 Å². The number of hydrogen-bond acceptors (Lipinski definition) is 3. The SMILES string of the molecule is C[C@@H]1C=C2CC(=O)CC[C@]2(C=O)[C@H]2CC[C@@]3(C)[C@@H](CC[C@]3(C)O)[C@H]12. The fourth-order valence-corrected chi connectivity index (χ4v) is 7.03. The first-order chi connectivity index (χ1) is 11.2. The van der Waals surface area contributed by atoms with Crippen molar-refractivity contribution in [2.45, 2.75) is 71.3 Å². The molecule has 132 valence electrons. The smallest absolute Gasteiger partial charge is 0.137 e. The van der Waals surface area contributed by atoms with E-state index in [0.717, 1.165) is 31.3 Å². The summed E-state index contributed by atoms with van der Waals surface area (Å²) in [6.45, 7) is 6.54. The first kappa shape index (κ1) is 16.5. The summed E-state index contributed by atoms with van der Waals surface area (Å²) in [5.41, 5.74) is 0.0720. The van der Waals surface area contributed by atoms with E-state index in [0.29, 0.717) is 42.9 Å². The highest BCUT2D eigenvalue weighted by molar-refractivity contribution is 5.86. The monoisotopic (exact) mass is 330 g/mol. The predicted octanol–water partition coefficient (Wildman–Crippen LogP) is 3.69. The van der Waals surface area contributed by atoms with Gasteiger partial charge in [0.1, 0.15) is 12.1 Å². The van der Waals surface area contributed by atoms with E-state index in [1.165, 1.54) is 6.29 Å². The number of fused-ring (bicyclic) bond motifs is 5. The summed E-state index contributed by atoms with van der Waals surface area (Å²) in [4.78, 5) is 24.3. The van der Waals surface area contributed by atoms with Crippen LogP contribution < -0.4 is 0 Å². The van der Waals surface area contributed by atoms with Crippen molar-refractivity contribution >= 4 is 12.1 Å². The Kier molecular flexibility index (Phi) is 3.46. The number of rotatable bonds is 1. The number of Topliss-reactive ketones (excluding diaryl/α,β-unsaturated/α-hetero) is 1. The fourth-order valence-electron chi connectivity index (χ4n) is 7.03. The van der Waals surface area contributed by atoms with Crippen LogP contribution in [0.5, 0.6) is 0 Å². The third-order valence-corrected chi connectivity index (χ3v) is 8.64. The van der Waals surface area contributed by atoms with Gasteiger partial charge in [-0.05, 0) is 68.1 Å². The van der Waals surface area contributed by atoms with E-state index >= 15 is 0 Å². The lowest BCUT2D eigenvalue weighted by atomic mass is 9.45. The maximum atomic E-state index is 12.3. The number of aliphatic hydroxyl groups is 1. The van der Waals surface area contributed by atoms with Crippen LogP contribution in [0.15, 0.2) is 11.6 Å². The maximum Gasteiger partial charge on any atom is 0.137 e. The molecular weight excluding hydrogens is 300 g/mol. The minimum atomic E-state index is -0.594. The van der Waals surface area contributed by atoms with Gasteiger partial charge in [-0.3, -0.25) is 4.79 Å². The first-order valence-electron chi connectivity index (χ1n) is 9.67. The van der Waals surface area contributed by atoms with Gasteiger partial charge in [-0.25, -0.2) is 0 Å². The molecule has 3 nitrogen and oxygen atoms in total. The van der Waals surface area contributed by atoms with E-state index in [1.54, 1.807) is 0 Å². The van der Waals surface area contributed by atoms with Gasteiger partial charge in [0.2, 0.25) is 0 Å². The van der Waals surface area contributed by atoms with E-state index in [4.69, 9.17) is 0 Å². The van der Waals surface area contributed by atoms with Gasteiger partial charge in [0, 0.05) is 12.8 Å². The van der Waals surface area contributed by atoms with Crippen molar-refractivity contribution in [3.8, 4) is 0 Å². The second-order valence-corrected chi connectivity index (χ2v) is 9.48. The average molecular weight is 330 g/mol. The zero-order chi connectivity index (χ0) is 17.3. The normalized spacial score (nSPS) is 53.7. The lowest BCUT2D eigenvalue weighted by molar-refractivity contribution is -0.140. The summed E-state index contributed by atoms with van der Waals surface area (Å²) >= 11 is 0. The Hall–Kier alpha value is -0.960. The molecule has 0 aromatic heterocycles. The second kappa shape index (κ2) is 5.03. The van der Waals surface area contributed by atoms with Crippen molar-refractivity contribution in [3.05, 3.63) is 11.6 Å². The van der Waals surface area contributed by atoms with Crippen molar-refractivity contribution in [2.24, 2.45) is 34.5 Å². The van der Waals surface area contributed by atoms with Crippen molar-refractivity contribution in [1.82, 2.24) is 0 Å². The molecule has 7 atom stereocenters. The Balaban J connectivity index is 1.79. The van der Waals surface area contributed by atoms with Gasteiger partial charge in [0.15, 0.2) is 0 Å². The standard InChI is InChI=1S/C21H30O3/c1-13-10-14-11-15(23)4-9-21(14,12-22)17-5-7-19(2)16(18(13)17)6-8-20(19,3)24/h10,12-13,16-18,24H,4-9,11H2,1-3H3/t13-,16+,17+,18+,19+,20+,21-/m1/s1. The Morgan fingerprint density at radius 3 is 2.58 bits per heavy atom. The molecule has 0 amide bonds. The predicted molar refractivity (Wildman–Crippen MR) is 92.3 cm³/mol. The molecule has 0 saturated heterocycles. The molecule has 4 rings (SSSR count). The minimum absolute atomic E-state index is 0.0394. The van der Waals surface area contributed by atoms with Gasteiger partial charge in [-0.15, -0.1) is 0 Å². The molecule has 0 unspecified atom stereocenters. The van der Waals surface area contributed by atoms with Crippen LogP contribution in [-0.4, -0.2) is 22.8 Å². The van der Waals surface area contributed by atoms with Crippen LogP contribution in [0.1, 0.15) is 65.7 Å². The quantitative estimate of drug-likeness (QED) is 0.589. The second-order valence-electron chi connectivity index (χ2n) is 9.48. The molecule has 1 N–H and O–H groups in total. The zero-order valence-corrected chi connectivity index (χ0v) is 15.2. The third kappa shape index (κ3) is 1.88. The van der Waals surface area contributed by atoms with Crippen LogP contribution in [0.4, 0.5) is 0 Å². The lowest BCUT2D eigenvalue weighted by Gasteiger charge is -2.59. The van der Waals surface area contributed by atoms with E-state index in [-0.39, 0.29) is 11.2 Å². The van der Waals surface area contributed by atoms with Crippen LogP contribution in [0, 0.1) is 34.5 Å². The molecule has 3 fully saturated rings. The van der Waals surface area contributed by atoms with E-state index in [2.05, 4.69) is 19.9 Å². The van der Waals surface area contributed by atoms with Gasteiger partial charge in [0.05, 0.1) is 11.0 Å². The van der Waals surface area contributed by atoms with E-state index < -0.39 is 11.0 Å². The zero-order valence-electron chi connectivity index (χ0n) is 15.2. The highest BCUT2D eigenvalue weighted by Crippen LogP contribution is 2.67. The molecule has 3 heteroatoms. The van der Waals surface area contributed by atoms with Crippen LogP contribution >= 0.6 is 0 Å². The molecule has 4 aliphatic rings. The highest BCUT2D eigenvalue weighted by atomic mass is 16.3.